The molecule has 0 fully saturated rings. The van der Waals surface area contributed by atoms with E-state index in [4.69, 9.17) is 5.11 Å². The van der Waals surface area contributed by atoms with E-state index < -0.39 is 0 Å². The monoisotopic (exact) mass is 207 g/mol. The van der Waals surface area contributed by atoms with Crippen LogP contribution in [0.15, 0.2) is 12.1 Å². The molecule has 15 heavy (non-hydrogen) atoms. The van der Waals surface area contributed by atoms with Gasteiger partial charge in [-0.1, -0.05) is 0 Å². The van der Waals surface area contributed by atoms with Crippen molar-refractivity contribution in [1.82, 2.24) is 4.98 Å². The number of anilines is 2. The summed E-state index contributed by atoms with van der Waals surface area (Å²) >= 11 is 0. The lowest BCUT2D eigenvalue weighted by atomic mass is 10.1. The molecule has 2 heterocycles. The first-order chi connectivity index (χ1) is 7.29. The maximum atomic E-state index is 8.77. The fourth-order valence-corrected chi connectivity index (χ4v) is 1.80. The van der Waals surface area contributed by atoms with Crippen LogP contribution in [0.25, 0.3) is 0 Å². The Kier molecular flexibility index (Phi) is 3.06. The number of rotatable bonds is 3. The molecule has 0 unspecified atom stereocenters. The van der Waals surface area contributed by atoms with Crippen LogP contribution in [0.5, 0.6) is 0 Å². The number of hydrogen-bond acceptors (Lipinski definition) is 4. The van der Waals surface area contributed by atoms with E-state index >= 15 is 0 Å². The molecule has 0 saturated heterocycles. The van der Waals surface area contributed by atoms with E-state index in [-0.39, 0.29) is 6.61 Å². The Balaban J connectivity index is 2.05. The number of aliphatic hydroxyl groups is 1. The minimum atomic E-state index is 0.256. The molecule has 0 bridgehead atoms. The van der Waals surface area contributed by atoms with Crippen LogP contribution in [0.2, 0.25) is 0 Å². The van der Waals surface area contributed by atoms with Crippen LogP contribution in [-0.2, 0) is 0 Å². The summed E-state index contributed by atoms with van der Waals surface area (Å²) < 4.78 is 0. The minimum Gasteiger partial charge on any atom is -0.396 e. The molecule has 3 N–H and O–H groups in total. The molecule has 1 aliphatic heterocycles. The van der Waals surface area contributed by atoms with Crippen molar-refractivity contribution in [2.24, 2.45) is 0 Å². The minimum absolute atomic E-state index is 0.256. The van der Waals surface area contributed by atoms with Crippen molar-refractivity contribution in [2.75, 3.05) is 23.8 Å². The van der Waals surface area contributed by atoms with Gasteiger partial charge in [0, 0.05) is 24.9 Å². The Labute approximate surface area is 89.7 Å². The molecule has 4 nitrogen and oxygen atoms in total. The second kappa shape index (κ2) is 4.49. The van der Waals surface area contributed by atoms with E-state index in [1.165, 1.54) is 0 Å². The van der Waals surface area contributed by atoms with Crippen molar-refractivity contribution in [3.05, 3.63) is 17.8 Å². The number of pyridine rings is 1. The molecule has 4 heteroatoms. The first-order valence-electron chi connectivity index (χ1n) is 5.38. The molecule has 1 atom stereocenters. The molecule has 1 aromatic heterocycles. The van der Waals surface area contributed by atoms with E-state index in [1.54, 1.807) is 0 Å². The molecule has 0 saturated carbocycles. The van der Waals surface area contributed by atoms with E-state index in [9.17, 15) is 0 Å². The zero-order chi connectivity index (χ0) is 10.7. The van der Waals surface area contributed by atoms with Crippen LogP contribution in [0, 0.1) is 6.92 Å². The number of aliphatic hydroxyl groups excluding tert-OH is 1. The summed E-state index contributed by atoms with van der Waals surface area (Å²) in [6, 6.07) is 4.42. The van der Waals surface area contributed by atoms with Crippen molar-refractivity contribution < 1.29 is 5.11 Å². The normalized spacial score (nSPS) is 18.9. The lowest BCUT2D eigenvalue weighted by Crippen LogP contribution is -2.33. The molecule has 0 spiro atoms. The summed E-state index contributed by atoms with van der Waals surface area (Å²) in [5, 5.41) is 15.5. The summed E-state index contributed by atoms with van der Waals surface area (Å²) in [4.78, 5) is 4.44. The van der Waals surface area contributed by atoms with Crippen molar-refractivity contribution in [2.45, 2.75) is 25.8 Å². The number of aromatic nitrogens is 1. The molecule has 2 rings (SSSR count). The third kappa shape index (κ3) is 2.39. The molecular formula is C11H17N3O. The van der Waals surface area contributed by atoms with Gasteiger partial charge < -0.3 is 15.7 Å². The van der Waals surface area contributed by atoms with Crippen molar-refractivity contribution in [3.63, 3.8) is 0 Å². The summed E-state index contributed by atoms with van der Waals surface area (Å²) in [7, 11) is 0. The van der Waals surface area contributed by atoms with E-state index in [1.807, 2.05) is 19.1 Å². The van der Waals surface area contributed by atoms with Gasteiger partial charge in [-0.2, -0.15) is 0 Å². The Morgan fingerprint density at radius 2 is 2.40 bits per heavy atom. The van der Waals surface area contributed by atoms with Crippen molar-refractivity contribution in [3.8, 4) is 0 Å². The fourth-order valence-electron chi connectivity index (χ4n) is 1.80. The summed E-state index contributed by atoms with van der Waals surface area (Å²) in [6.07, 6.45) is 1.80. The van der Waals surface area contributed by atoms with E-state index in [0.717, 1.165) is 36.6 Å². The third-order valence-corrected chi connectivity index (χ3v) is 2.62. The van der Waals surface area contributed by atoms with Crippen LogP contribution < -0.4 is 10.6 Å². The van der Waals surface area contributed by atoms with Gasteiger partial charge in [0.15, 0.2) is 0 Å². The quantitative estimate of drug-likeness (QED) is 0.700. The van der Waals surface area contributed by atoms with Crippen LogP contribution in [-0.4, -0.2) is 29.3 Å². The van der Waals surface area contributed by atoms with Gasteiger partial charge in [-0.25, -0.2) is 4.98 Å². The standard InChI is InChI=1S/C11H17N3O/c1-8-4-5-10-11(13-8)14-9(7-12-10)3-2-6-15/h4-5,9,12,15H,2-3,6-7H2,1H3,(H,13,14)/t9-/m0/s1. The van der Waals surface area contributed by atoms with Crippen LogP contribution in [0.3, 0.4) is 0 Å². The number of fused-ring (bicyclic) bond motifs is 1. The van der Waals surface area contributed by atoms with Gasteiger partial charge in [0.2, 0.25) is 0 Å². The second-order valence-corrected chi connectivity index (χ2v) is 3.94. The molecule has 82 valence electrons. The zero-order valence-electron chi connectivity index (χ0n) is 8.95. The number of nitrogens with zero attached hydrogens (tertiary/aromatic N) is 1. The Morgan fingerprint density at radius 1 is 1.53 bits per heavy atom. The van der Waals surface area contributed by atoms with Crippen LogP contribution >= 0.6 is 0 Å². The van der Waals surface area contributed by atoms with Gasteiger partial charge in [0.25, 0.3) is 0 Å². The highest BCUT2D eigenvalue weighted by Gasteiger charge is 2.17. The highest BCUT2D eigenvalue weighted by molar-refractivity contribution is 5.67. The molecule has 1 aliphatic rings. The van der Waals surface area contributed by atoms with Gasteiger partial charge in [0.1, 0.15) is 5.82 Å². The SMILES string of the molecule is Cc1ccc2c(n1)N[C@@H](CCCO)CN2. The number of nitrogens with one attached hydrogen (secondary N) is 2. The van der Waals surface area contributed by atoms with Gasteiger partial charge in [0.05, 0.1) is 5.69 Å². The van der Waals surface area contributed by atoms with Crippen LogP contribution in [0.1, 0.15) is 18.5 Å². The van der Waals surface area contributed by atoms with Crippen molar-refractivity contribution >= 4 is 11.5 Å². The van der Waals surface area contributed by atoms with Crippen molar-refractivity contribution in [1.29, 1.82) is 0 Å². The fraction of sp³-hybridized carbons (Fsp3) is 0.545. The lowest BCUT2D eigenvalue weighted by Gasteiger charge is -2.27. The second-order valence-electron chi connectivity index (χ2n) is 3.94. The average molecular weight is 207 g/mol. The van der Waals surface area contributed by atoms with Gasteiger partial charge in [-0.3, -0.25) is 0 Å². The molecule has 0 aromatic carbocycles. The highest BCUT2D eigenvalue weighted by atomic mass is 16.2. The first kappa shape index (κ1) is 10.2. The third-order valence-electron chi connectivity index (χ3n) is 2.62. The Morgan fingerprint density at radius 3 is 3.20 bits per heavy atom. The summed E-state index contributed by atoms with van der Waals surface area (Å²) in [6.45, 7) is 3.14. The maximum absolute atomic E-state index is 8.77. The average Bonchev–Trinajstić information content (AvgIpc) is 2.25. The molecule has 0 aliphatic carbocycles. The number of hydrogen-bond donors (Lipinski definition) is 3. The maximum Gasteiger partial charge on any atom is 0.149 e. The smallest absolute Gasteiger partial charge is 0.149 e. The van der Waals surface area contributed by atoms with E-state index in [2.05, 4.69) is 15.6 Å². The zero-order valence-corrected chi connectivity index (χ0v) is 8.95. The van der Waals surface area contributed by atoms with Gasteiger partial charge in [-0.05, 0) is 31.9 Å². The first-order valence-corrected chi connectivity index (χ1v) is 5.38. The molecular weight excluding hydrogens is 190 g/mol. The number of aryl methyl sites for hydroxylation is 1. The molecule has 1 aromatic rings. The van der Waals surface area contributed by atoms with Crippen LogP contribution in [0.4, 0.5) is 11.5 Å². The lowest BCUT2D eigenvalue weighted by molar-refractivity contribution is 0.281. The predicted octanol–water partition coefficient (Wildman–Crippen LogP) is 1.37. The highest BCUT2D eigenvalue weighted by Crippen LogP contribution is 2.24. The Bertz CT molecular complexity index is 341. The molecule has 0 amide bonds. The predicted molar refractivity (Wildman–Crippen MR) is 61.2 cm³/mol. The molecule has 0 radical (unpaired) electrons. The van der Waals surface area contributed by atoms with Gasteiger partial charge >= 0.3 is 0 Å². The summed E-state index contributed by atoms with van der Waals surface area (Å²) in [5.41, 5.74) is 2.09. The van der Waals surface area contributed by atoms with Gasteiger partial charge in [-0.15, -0.1) is 0 Å². The Hall–Kier alpha value is -1.29. The summed E-state index contributed by atoms with van der Waals surface area (Å²) in [5.74, 6) is 0.934. The largest absolute Gasteiger partial charge is 0.396 e. The topological polar surface area (TPSA) is 57.2 Å². The van der Waals surface area contributed by atoms with E-state index in [0.29, 0.717) is 6.04 Å².